The van der Waals surface area contributed by atoms with Crippen molar-refractivity contribution in [3.63, 3.8) is 0 Å². The Morgan fingerprint density at radius 1 is 1.19 bits per heavy atom. The predicted molar refractivity (Wildman–Crippen MR) is 122 cm³/mol. The maximum atomic E-state index is 12.6. The van der Waals surface area contributed by atoms with Gasteiger partial charge in [-0.15, -0.1) is 0 Å². The van der Waals surface area contributed by atoms with E-state index in [4.69, 9.17) is 4.74 Å². The highest BCUT2D eigenvalue weighted by molar-refractivity contribution is 5.98. The van der Waals surface area contributed by atoms with Gasteiger partial charge in [0, 0.05) is 42.8 Å². The summed E-state index contributed by atoms with van der Waals surface area (Å²) in [6, 6.07) is 11.5. The molecular weight excluding hydrogens is 404 g/mol. The average molecular weight is 431 g/mol. The van der Waals surface area contributed by atoms with Crippen LogP contribution in [0.2, 0.25) is 0 Å². The lowest BCUT2D eigenvalue weighted by atomic mass is 10.0. The molecular formula is C24H26N6O2. The van der Waals surface area contributed by atoms with E-state index >= 15 is 0 Å². The summed E-state index contributed by atoms with van der Waals surface area (Å²) in [6.45, 7) is 9.46. The fourth-order valence-electron chi connectivity index (χ4n) is 3.92. The Labute approximate surface area is 187 Å². The highest BCUT2D eigenvalue weighted by Gasteiger charge is 2.32. The van der Waals surface area contributed by atoms with Gasteiger partial charge < -0.3 is 14.5 Å². The summed E-state index contributed by atoms with van der Waals surface area (Å²) >= 11 is 0. The zero-order valence-corrected chi connectivity index (χ0v) is 18.7. The average Bonchev–Trinajstić information content (AvgIpc) is 2.77. The van der Waals surface area contributed by atoms with Crippen molar-refractivity contribution < 1.29 is 9.53 Å². The second-order valence-electron chi connectivity index (χ2n) is 8.91. The smallest absolute Gasteiger partial charge is 0.410 e. The van der Waals surface area contributed by atoms with Crippen LogP contribution in [0.4, 0.5) is 10.6 Å². The summed E-state index contributed by atoms with van der Waals surface area (Å²) in [7, 11) is 0. The van der Waals surface area contributed by atoms with Gasteiger partial charge in [0.1, 0.15) is 17.7 Å². The van der Waals surface area contributed by atoms with Crippen LogP contribution in [-0.4, -0.2) is 57.2 Å². The van der Waals surface area contributed by atoms with Gasteiger partial charge in [0.05, 0.1) is 22.8 Å². The molecule has 1 aromatic carbocycles. The van der Waals surface area contributed by atoms with E-state index in [1.54, 1.807) is 29.6 Å². The number of benzene rings is 1. The third-order valence-electron chi connectivity index (χ3n) is 5.36. The van der Waals surface area contributed by atoms with E-state index in [0.29, 0.717) is 30.9 Å². The van der Waals surface area contributed by atoms with Crippen molar-refractivity contribution in [2.75, 3.05) is 24.5 Å². The number of hydrogen-bond donors (Lipinski definition) is 0. The molecule has 1 aliphatic heterocycles. The van der Waals surface area contributed by atoms with Gasteiger partial charge in [-0.2, -0.15) is 5.26 Å². The number of para-hydroxylation sites is 1. The number of pyridine rings is 1. The number of fused-ring (bicyclic) bond motifs is 1. The van der Waals surface area contributed by atoms with Crippen LogP contribution in [0.5, 0.6) is 0 Å². The summed E-state index contributed by atoms with van der Waals surface area (Å²) < 4.78 is 5.56. The SMILES string of the molecule is CC1CN(c2ncnc3c(-c4cc(C#N)ccn4)cccc23)CCN1C(=O)OC(C)(C)C. The van der Waals surface area contributed by atoms with Crippen molar-refractivity contribution in [2.24, 2.45) is 0 Å². The fourth-order valence-corrected chi connectivity index (χ4v) is 3.92. The van der Waals surface area contributed by atoms with Gasteiger partial charge in [0.15, 0.2) is 0 Å². The number of carbonyl (C=O) groups excluding carboxylic acids is 1. The van der Waals surface area contributed by atoms with Gasteiger partial charge in [0.2, 0.25) is 0 Å². The summed E-state index contributed by atoms with van der Waals surface area (Å²) in [5.74, 6) is 0.823. The molecule has 0 aliphatic carbocycles. The van der Waals surface area contributed by atoms with Crippen LogP contribution in [0.3, 0.4) is 0 Å². The predicted octanol–water partition coefficient (Wildman–Crippen LogP) is 4.01. The molecule has 3 aromatic rings. The molecule has 1 unspecified atom stereocenters. The maximum absolute atomic E-state index is 12.6. The van der Waals surface area contributed by atoms with Crippen molar-refractivity contribution in [3.05, 3.63) is 48.4 Å². The Morgan fingerprint density at radius 2 is 2.00 bits per heavy atom. The molecule has 4 rings (SSSR count). The quantitative estimate of drug-likeness (QED) is 0.606. The topological polar surface area (TPSA) is 95.2 Å². The Morgan fingerprint density at radius 3 is 2.72 bits per heavy atom. The molecule has 164 valence electrons. The molecule has 1 saturated heterocycles. The molecule has 0 spiro atoms. The van der Waals surface area contributed by atoms with E-state index in [9.17, 15) is 10.1 Å². The first-order chi connectivity index (χ1) is 15.3. The second kappa shape index (κ2) is 8.42. The molecule has 1 fully saturated rings. The van der Waals surface area contributed by atoms with Crippen molar-refractivity contribution in [1.29, 1.82) is 5.26 Å². The second-order valence-corrected chi connectivity index (χ2v) is 8.91. The molecule has 0 saturated carbocycles. The normalized spacial score (nSPS) is 16.7. The van der Waals surface area contributed by atoms with Crippen LogP contribution in [0, 0.1) is 11.3 Å². The van der Waals surface area contributed by atoms with Crippen LogP contribution in [0.15, 0.2) is 42.9 Å². The molecule has 1 aliphatic rings. The lowest BCUT2D eigenvalue weighted by molar-refractivity contribution is 0.0159. The van der Waals surface area contributed by atoms with E-state index in [2.05, 4.69) is 25.9 Å². The minimum absolute atomic E-state index is 0.0271. The van der Waals surface area contributed by atoms with Crippen LogP contribution in [0.1, 0.15) is 33.3 Å². The number of hydrogen-bond acceptors (Lipinski definition) is 7. The van der Waals surface area contributed by atoms with Gasteiger partial charge in [-0.3, -0.25) is 4.98 Å². The number of ether oxygens (including phenoxy) is 1. The number of nitriles is 1. The number of nitrogens with zero attached hydrogens (tertiary/aromatic N) is 6. The van der Waals surface area contributed by atoms with Gasteiger partial charge in [-0.1, -0.05) is 12.1 Å². The number of aromatic nitrogens is 3. The standard InChI is InChI=1S/C24H26N6O2/c1-16-14-29(10-11-30(16)23(31)32-24(2,3)4)22-19-7-5-6-18(21(19)27-15-28-22)20-12-17(13-25)8-9-26-20/h5-9,12,15-16H,10-11,14H2,1-4H3. The van der Waals surface area contributed by atoms with Gasteiger partial charge in [0.25, 0.3) is 0 Å². The molecule has 0 radical (unpaired) electrons. The molecule has 1 amide bonds. The number of rotatable bonds is 2. The van der Waals surface area contributed by atoms with E-state index in [-0.39, 0.29) is 12.1 Å². The molecule has 32 heavy (non-hydrogen) atoms. The van der Waals surface area contributed by atoms with E-state index in [0.717, 1.165) is 22.3 Å². The van der Waals surface area contributed by atoms with Crippen molar-refractivity contribution >= 4 is 22.8 Å². The first-order valence-electron chi connectivity index (χ1n) is 10.6. The van der Waals surface area contributed by atoms with Crippen LogP contribution >= 0.6 is 0 Å². The Kier molecular flexibility index (Phi) is 5.66. The van der Waals surface area contributed by atoms with Crippen molar-refractivity contribution in [1.82, 2.24) is 19.9 Å². The number of amides is 1. The van der Waals surface area contributed by atoms with Crippen LogP contribution in [-0.2, 0) is 4.74 Å². The minimum atomic E-state index is -0.524. The fraction of sp³-hybridized carbons (Fsp3) is 0.375. The third kappa shape index (κ3) is 4.33. The zero-order chi connectivity index (χ0) is 22.9. The van der Waals surface area contributed by atoms with Crippen molar-refractivity contribution in [3.8, 4) is 17.3 Å². The third-order valence-corrected chi connectivity index (χ3v) is 5.36. The van der Waals surface area contributed by atoms with Gasteiger partial charge >= 0.3 is 6.09 Å². The monoisotopic (exact) mass is 430 g/mol. The maximum Gasteiger partial charge on any atom is 0.410 e. The van der Waals surface area contributed by atoms with Gasteiger partial charge in [-0.05, 0) is 45.9 Å². The first-order valence-corrected chi connectivity index (χ1v) is 10.6. The summed E-state index contributed by atoms with van der Waals surface area (Å²) in [5.41, 5.74) is 2.35. The Balaban J connectivity index is 1.64. The summed E-state index contributed by atoms with van der Waals surface area (Å²) in [4.78, 5) is 30.0. The van der Waals surface area contributed by atoms with Crippen molar-refractivity contribution in [2.45, 2.75) is 39.3 Å². The van der Waals surface area contributed by atoms with Crippen LogP contribution in [0.25, 0.3) is 22.2 Å². The molecule has 0 N–H and O–H groups in total. The minimum Gasteiger partial charge on any atom is -0.444 e. The summed E-state index contributed by atoms with van der Waals surface area (Å²) in [5, 5.41) is 10.1. The molecule has 1 atom stereocenters. The molecule has 3 heterocycles. The molecule has 2 aromatic heterocycles. The highest BCUT2D eigenvalue weighted by Crippen LogP contribution is 2.31. The lowest BCUT2D eigenvalue weighted by Gasteiger charge is -2.40. The molecule has 8 heteroatoms. The summed E-state index contributed by atoms with van der Waals surface area (Å²) in [6.07, 6.45) is 2.90. The van der Waals surface area contributed by atoms with Crippen LogP contribution < -0.4 is 4.90 Å². The number of anilines is 1. The lowest BCUT2D eigenvalue weighted by Crippen LogP contribution is -2.55. The number of carbonyl (C=O) groups is 1. The van der Waals surface area contributed by atoms with E-state index < -0.39 is 5.60 Å². The Hall–Kier alpha value is -3.73. The molecule has 8 nitrogen and oxygen atoms in total. The molecule has 0 bridgehead atoms. The van der Waals surface area contributed by atoms with E-state index in [1.807, 2.05) is 45.9 Å². The number of piperazine rings is 1. The Bertz CT molecular complexity index is 1200. The first kappa shape index (κ1) is 21.5. The largest absolute Gasteiger partial charge is 0.444 e. The van der Waals surface area contributed by atoms with Gasteiger partial charge in [-0.25, -0.2) is 14.8 Å². The van der Waals surface area contributed by atoms with E-state index in [1.165, 1.54) is 0 Å². The zero-order valence-electron chi connectivity index (χ0n) is 18.7. The highest BCUT2D eigenvalue weighted by atomic mass is 16.6.